The summed E-state index contributed by atoms with van der Waals surface area (Å²) in [5.74, 6) is -0.730. The Kier molecular flexibility index (Phi) is 10.8. The van der Waals surface area contributed by atoms with Crippen LogP contribution in [0.15, 0.2) is 18.2 Å². The molecule has 2 fully saturated rings. The Hall–Kier alpha value is -1.02. The number of phenolic OH excluding ortho intramolecular Hbond substituents is 1. The van der Waals surface area contributed by atoms with E-state index < -0.39 is 18.5 Å². The maximum Gasteiger partial charge on any atom is 0.453 e. The van der Waals surface area contributed by atoms with Gasteiger partial charge in [0.25, 0.3) is 0 Å². The second-order valence-corrected chi connectivity index (χ2v) is 14.2. The van der Waals surface area contributed by atoms with Gasteiger partial charge in [0, 0.05) is 6.42 Å². The van der Waals surface area contributed by atoms with Gasteiger partial charge < -0.3 is 10.2 Å². The van der Waals surface area contributed by atoms with E-state index in [0.29, 0.717) is 35.2 Å². The molecule has 8 heteroatoms. The summed E-state index contributed by atoms with van der Waals surface area (Å²) in [6.07, 6.45) is 7.56. The van der Waals surface area contributed by atoms with Crippen LogP contribution in [-0.2, 0) is 6.42 Å². The molecule has 0 bridgehead atoms. The smallest absolute Gasteiger partial charge is 0.453 e. The minimum Gasteiger partial charge on any atom is -0.508 e. The SMILES string of the molecule is C[C@]12CCC3c4ccc(O)cc4CC(CCCCCCCCCSCCCC(F)(F)C(F)(F)F)C3C1CCC2O. The Balaban J connectivity index is 1.13. The maximum absolute atomic E-state index is 12.9. The first-order valence-corrected chi connectivity index (χ1v) is 16.6. The molecule has 2 saturated carbocycles. The summed E-state index contributed by atoms with van der Waals surface area (Å²) in [6, 6.07) is 5.97. The largest absolute Gasteiger partial charge is 0.508 e. The van der Waals surface area contributed by atoms with Crippen LogP contribution in [0.3, 0.4) is 0 Å². The average Bonchev–Trinajstić information content (AvgIpc) is 3.19. The van der Waals surface area contributed by atoms with E-state index in [1.165, 1.54) is 55.0 Å². The van der Waals surface area contributed by atoms with Gasteiger partial charge >= 0.3 is 12.1 Å². The Labute approximate surface area is 240 Å². The molecule has 0 spiro atoms. The number of phenols is 1. The number of aromatic hydroxyl groups is 1. The Bertz CT molecular complexity index is 954. The van der Waals surface area contributed by atoms with E-state index >= 15 is 0 Å². The fraction of sp³-hybridized carbons (Fsp3) is 0.812. The van der Waals surface area contributed by atoms with Crippen molar-refractivity contribution in [2.75, 3.05) is 11.5 Å². The van der Waals surface area contributed by atoms with E-state index in [-0.39, 0.29) is 17.9 Å². The van der Waals surface area contributed by atoms with E-state index in [0.717, 1.165) is 57.1 Å². The fourth-order valence-corrected chi connectivity index (χ4v) is 9.13. The number of unbranched alkanes of at least 4 members (excludes halogenated alkanes) is 6. The Morgan fingerprint density at radius 2 is 1.57 bits per heavy atom. The van der Waals surface area contributed by atoms with Gasteiger partial charge in [-0.1, -0.05) is 51.5 Å². The molecule has 1 aromatic carbocycles. The third-order valence-corrected chi connectivity index (χ3v) is 11.5. The summed E-state index contributed by atoms with van der Waals surface area (Å²) in [5, 5.41) is 21.0. The topological polar surface area (TPSA) is 40.5 Å². The monoisotopic (exact) mass is 590 g/mol. The van der Waals surface area contributed by atoms with Gasteiger partial charge in [0.2, 0.25) is 0 Å². The first-order valence-electron chi connectivity index (χ1n) is 15.5. The lowest BCUT2D eigenvalue weighted by Gasteiger charge is -2.53. The molecule has 0 aliphatic heterocycles. The predicted octanol–water partition coefficient (Wildman–Crippen LogP) is 9.67. The molecule has 0 radical (unpaired) electrons. The van der Waals surface area contributed by atoms with Gasteiger partial charge in [-0.3, -0.25) is 0 Å². The Morgan fingerprint density at radius 1 is 0.900 bits per heavy atom. The van der Waals surface area contributed by atoms with E-state index in [2.05, 4.69) is 13.0 Å². The third kappa shape index (κ3) is 7.30. The maximum atomic E-state index is 12.9. The number of hydrogen-bond acceptors (Lipinski definition) is 3. The highest BCUT2D eigenvalue weighted by Crippen LogP contribution is 2.62. The Morgan fingerprint density at radius 3 is 2.30 bits per heavy atom. The highest BCUT2D eigenvalue weighted by molar-refractivity contribution is 7.99. The van der Waals surface area contributed by atoms with Gasteiger partial charge in [-0.15, -0.1) is 0 Å². The zero-order valence-electron chi connectivity index (χ0n) is 23.8. The van der Waals surface area contributed by atoms with Crippen LogP contribution in [0.25, 0.3) is 0 Å². The van der Waals surface area contributed by atoms with Crippen molar-refractivity contribution in [2.45, 2.75) is 127 Å². The van der Waals surface area contributed by atoms with Gasteiger partial charge in [0.15, 0.2) is 0 Å². The van der Waals surface area contributed by atoms with Gasteiger partial charge in [-0.2, -0.15) is 33.7 Å². The average molecular weight is 591 g/mol. The number of hydrogen-bond donors (Lipinski definition) is 2. The van der Waals surface area contributed by atoms with Crippen LogP contribution in [0.2, 0.25) is 0 Å². The van der Waals surface area contributed by atoms with Gasteiger partial charge in [0.1, 0.15) is 5.75 Å². The number of fused-ring (bicyclic) bond motifs is 5. The van der Waals surface area contributed by atoms with Crippen molar-refractivity contribution in [3.63, 3.8) is 0 Å². The molecule has 0 saturated heterocycles. The summed E-state index contributed by atoms with van der Waals surface area (Å²) in [5.41, 5.74) is 2.79. The molecule has 3 aliphatic rings. The quantitative estimate of drug-likeness (QED) is 0.167. The highest BCUT2D eigenvalue weighted by atomic mass is 32.2. The summed E-state index contributed by atoms with van der Waals surface area (Å²) >= 11 is 1.47. The van der Waals surface area contributed by atoms with Crippen LogP contribution in [0.5, 0.6) is 5.75 Å². The van der Waals surface area contributed by atoms with Gasteiger partial charge in [0.05, 0.1) is 6.10 Å². The normalized spacial score (nSPS) is 30.1. The molecule has 2 nitrogen and oxygen atoms in total. The minimum atomic E-state index is -5.44. The van der Waals surface area contributed by atoms with E-state index in [9.17, 15) is 32.2 Å². The van der Waals surface area contributed by atoms with Crippen molar-refractivity contribution in [2.24, 2.45) is 23.2 Å². The van der Waals surface area contributed by atoms with Crippen LogP contribution < -0.4 is 0 Å². The second-order valence-electron chi connectivity index (χ2n) is 13.0. The number of aliphatic hydroxyl groups excluding tert-OH is 1. The summed E-state index contributed by atoms with van der Waals surface area (Å²) in [6.45, 7) is 2.32. The third-order valence-electron chi connectivity index (χ3n) is 10.4. The molecule has 228 valence electrons. The molecule has 6 atom stereocenters. The first kappa shape index (κ1) is 31.9. The molecule has 0 heterocycles. The molecule has 5 unspecified atom stereocenters. The predicted molar refractivity (Wildman–Crippen MR) is 152 cm³/mol. The lowest BCUT2D eigenvalue weighted by molar-refractivity contribution is -0.284. The number of halogens is 5. The first-order chi connectivity index (χ1) is 18.9. The van der Waals surface area contributed by atoms with Crippen molar-refractivity contribution in [3.05, 3.63) is 29.3 Å². The van der Waals surface area contributed by atoms with Crippen molar-refractivity contribution in [1.29, 1.82) is 0 Å². The summed E-state index contributed by atoms with van der Waals surface area (Å²) < 4.78 is 62.4. The molecule has 0 aromatic heterocycles. The lowest BCUT2D eigenvalue weighted by Crippen LogP contribution is -2.47. The molecule has 2 N–H and O–H groups in total. The molecular formula is C32H47F5O2S. The minimum absolute atomic E-state index is 0.0419. The second kappa shape index (κ2) is 13.5. The van der Waals surface area contributed by atoms with Crippen molar-refractivity contribution in [1.82, 2.24) is 0 Å². The molecule has 4 rings (SSSR count). The summed E-state index contributed by atoms with van der Waals surface area (Å²) in [7, 11) is 0. The number of aliphatic hydroxyl groups is 1. The van der Waals surface area contributed by atoms with E-state index in [1.807, 2.05) is 12.1 Å². The highest BCUT2D eigenvalue weighted by Gasteiger charge is 2.57. The van der Waals surface area contributed by atoms with Crippen LogP contribution in [0, 0.1) is 23.2 Å². The van der Waals surface area contributed by atoms with E-state index in [1.54, 1.807) is 0 Å². The molecular weight excluding hydrogens is 543 g/mol. The number of rotatable bonds is 14. The molecule has 3 aliphatic carbocycles. The molecule has 0 amide bonds. The van der Waals surface area contributed by atoms with Gasteiger partial charge in [-0.25, -0.2) is 0 Å². The number of thioether (sulfide) groups is 1. The van der Waals surface area contributed by atoms with Crippen LogP contribution in [0.1, 0.15) is 114 Å². The van der Waals surface area contributed by atoms with Crippen molar-refractivity contribution in [3.8, 4) is 5.75 Å². The molecule has 40 heavy (non-hydrogen) atoms. The zero-order valence-corrected chi connectivity index (χ0v) is 24.6. The van der Waals surface area contributed by atoms with Crippen molar-refractivity contribution >= 4 is 11.8 Å². The van der Waals surface area contributed by atoms with Gasteiger partial charge in [-0.05, 0) is 115 Å². The van der Waals surface area contributed by atoms with Crippen LogP contribution >= 0.6 is 11.8 Å². The number of alkyl halides is 5. The fourth-order valence-electron chi connectivity index (χ4n) is 8.17. The lowest BCUT2D eigenvalue weighted by atomic mass is 9.52. The summed E-state index contributed by atoms with van der Waals surface area (Å²) in [4.78, 5) is 0. The standard InChI is InChI=1S/C32H47F5O2S/c1-30-17-15-26-25-12-11-24(38)21-23(25)20-22(29(26)27(30)13-14-28(30)39)10-7-5-3-2-4-6-8-18-40-19-9-16-31(33,34)32(35,36)37/h11-12,21-22,26-29,38-39H,2-10,13-20H2,1H3/t22?,26?,27?,28?,29?,30-/m0/s1. The molecule has 1 aromatic rings. The number of benzene rings is 1. The van der Waals surface area contributed by atoms with E-state index in [4.69, 9.17) is 0 Å². The zero-order chi connectivity index (χ0) is 29.0. The van der Waals surface area contributed by atoms with Crippen LogP contribution in [-0.4, -0.2) is 39.9 Å². The van der Waals surface area contributed by atoms with Crippen LogP contribution in [0.4, 0.5) is 22.0 Å². The van der Waals surface area contributed by atoms with Crippen molar-refractivity contribution < 1.29 is 32.2 Å².